The van der Waals surface area contributed by atoms with E-state index < -0.39 is 0 Å². The molecule has 1 aliphatic heterocycles. The van der Waals surface area contributed by atoms with Gasteiger partial charge in [0.1, 0.15) is 0 Å². The first-order chi connectivity index (χ1) is 17.5. The summed E-state index contributed by atoms with van der Waals surface area (Å²) in [5, 5.41) is 3.31. The lowest BCUT2D eigenvalue weighted by Crippen LogP contribution is -2.53. The van der Waals surface area contributed by atoms with E-state index in [9.17, 15) is 4.79 Å². The minimum Gasteiger partial charge on any atom is -0.338 e. The van der Waals surface area contributed by atoms with Gasteiger partial charge < -0.3 is 38.1 Å². The monoisotopic (exact) mass is 488 g/mol. The zero-order valence-electron chi connectivity index (χ0n) is 20.1. The fourth-order valence-electron chi connectivity index (χ4n) is 4.89. The molecule has 0 radical (unpaired) electrons. The number of nitrogens with zero attached hydrogens (tertiary/aromatic N) is 5. The van der Waals surface area contributed by atoms with Crippen LogP contribution in [0.2, 0.25) is 0 Å². The van der Waals surface area contributed by atoms with Crippen molar-refractivity contribution >= 4 is 29.3 Å². The summed E-state index contributed by atoms with van der Waals surface area (Å²) >= 11 is 0. The van der Waals surface area contributed by atoms with E-state index >= 15 is 0 Å². The van der Waals surface area contributed by atoms with Crippen LogP contribution in [0.3, 0.4) is 0 Å². The molecule has 1 saturated heterocycles. The van der Waals surface area contributed by atoms with E-state index in [1.165, 1.54) is 0 Å². The van der Waals surface area contributed by atoms with Crippen molar-refractivity contribution in [2.45, 2.75) is 18.5 Å². The van der Waals surface area contributed by atoms with Crippen molar-refractivity contribution in [3.05, 3.63) is 53.6 Å². The molecule has 3 aromatic rings. The highest BCUT2D eigenvalue weighted by Crippen LogP contribution is 2.38. The first-order valence-corrected chi connectivity index (χ1v) is 12.2. The first-order valence-electron chi connectivity index (χ1n) is 12.2. The summed E-state index contributed by atoms with van der Waals surface area (Å²) in [5.41, 5.74) is 28.1. The van der Waals surface area contributed by atoms with Gasteiger partial charge in [-0.15, -0.1) is 0 Å². The molecule has 0 amide bonds. The summed E-state index contributed by atoms with van der Waals surface area (Å²) < 4.78 is 0. The molecule has 0 unspecified atom stereocenters. The minimum atomic E-state index is -0.0659. The van der Waals surface area contributed by atoms with Crippen LogP contribution in [0.25, 0.3) is 11.1 Å². The van der Waals surface area contributed by atoms with Gasteiger partial charge in [0.25, 0.3) is 0 Å². The van der Waals surface area contributed by atoms with E-state index in [0.717, 1.165) is 23.2 Å². The molecule has 5 rings (SSSR count). The Balaban J connectivity index is 1.51. The maximum Gasteiger partial charge on any atom is 0.233 e. The number of carbonyl (C=O) groups is 1. The van der Waals surface area contributed by atoms with Gasteiger partial charge in [-0.3, -0.25) is 4.79 Å². The molecule has 11 nitrogen and oxygen atoms in total. The van der Waals surface area contributed by atoms with Crippen LogP contribution in [0.1, 0.15) is 22.3 Å². The highest BCUT2D eigenvalue weighted by Gasteiger charge is 2.28. The fraction of sp³-hybridized carbons (Fsp3) is 0.360. The molecule has 2 atom stereocenters. The van der Waals surface area contributed by atoms with Gasteiger partial charge in [0, 0.05) is 68.2 Å². The quantitative estimate of drug-likeness (QED) is 0.232. The Morgan fingerprint density at radius 3 is 2.25 bits per heavy atom. The Morgan fingerprint density at radius 2 is 1.56 bits per heavy atom. The average molecular weight is 489 g/mol. The molecule has 2 aliphatic rings. The van der Waals surface area contributed by atoms with Gasteiger partial charge in [-0.05, 0) is 35.7 Å². The summed E-state index contributed by atoms with van der Waals surface area (Å²) in [6.07, 6.45) is 0.751. The van der Waals surface area contributed by atoms with Crippen molar-refractivity contribution in [2.75, 3.05) is 54.4 Å². The van der Waals surface area contributed by atoms with Crippen molar-refractivity contribution in [1.29, 1.82) is 0 Å². The number of carbonyl (C=O) groups excluding carboxylic acids is 1. The number of anilines is 4. The van der Waals surface area contributed by atoms with Crippen molar-refractivity contribution in [3.63, 3.8) is 0 Å². The molecular weight excluding hydrogens is 456 g/mol. The van der Waals surface area contributed by atoms with E-state index in [-0.39, 0.29) is 17.9 Å². The second kappa shape index (κ2) is 10.2. The van der Waals surface area contributed by atoms with Crippen molar-refractivity contribution < 1.29 is 4.79 Å². The molecule has 188 valence electrons. The van der Waals surface area contributed by atoms with Crippen LogP contribution < -0.4 is 38.1 Å². The van der Waals surface area contributed by atoms with Gasteiger partial charge in [0.15, 0.2) is 5.78 Å². The predicted molar refractivity (Wildman–Crippen MR) is 142 cm³/mol. The van der Waals surface area contributed by atoms with E-state index in [0.29, 0.717) is 68.2 Å². The number of hydrogen-bond acceptors (Lipinski definition) is 11. The van der Waals surface area contributed by atoms with Crippen LogP contribution >= 0.6 is 0 Å². The molecule has 1 aromatic heterocycles. The van der Waals surface area contributed by atoms with Crippen molar-refractivity contribution in [2.24, 2.45) is 22.9 Å². The van der Waals surface area contributed by atoms with Crippen LogP contribution in [-0.4, -0.2) is 72.1 Å². The third-order valence-corrected chi connectivity index (χ3v) is 6.47. The molecule has 2 aromatic carbocycles. The molecular formula is C25H32N10O. The summed E-state index contributed by atoms with van der Waals surface area (Å²) in [7, 11) is 0. The Kier molecular flexibility index (Phi) is 6.79. The zero-order chi connectivity index (χ0) is 25.2. The Morgan fingerprint density at radius 1 is 0.889 bits per heavy atom. The third kappa shape index (κ3) is 4.73. The number of nitrogens with two attached hydrogens (primary N) is 4. The number of benzene rings is 2. The molecule has 11 heteroatoms. The van der Waals surface area contributed by atoms with E-state index in [1.54, 1.807) is 0 Å². The lowest BCUT2D eigenvalue weighted by Gasteiger charge is -2.35. The molecule has 1 fully saturated rings. The van der Waals surface area contributed by atoms with Crippen molar-refractivity contribution in [1.82, 2.24) is 15.0 Å². The molecule has 0 bridgehead atoms. The topological polar surface area (TPSA) is 178 Å². The minimum absolute atomic E-state index is 0.0360. The van der Waals surface area contributed by atoms with E-state index in [4.69, 9.17) is 32.9 Å². The largest absolute Gasteiger partial charge is 0.338 e. The highest BCUT2D eigenvalue weighted by molar-refractivity contribution is 6.22. The normalized spacial score (nSPS) is 18.7. The van der Waals surface area contributed by atoms with Gasteiger partial charge in [-0.2, -0.15) is 15.0 Å². The molecule has 36 heavy (non-hydrogen) atoms. The highest BCUT2D eigenvalue weighted by atomic mass is 16.1. The maximum absolute atomic E-state index is 12.8. The van der Waals surface area contributed by atoms with Crippen LogP contribution in [0.5, 0.6) is 0 Å². The molecule has 9 N–H and O–H groups in total. The number of piperidine rings is 1. The van der Waals surface area contributed by atoms with Gasteiger partial charge in [-0.25, -0.2) is 0 Å². The molecule has 1 aliphatic carbocycles. The Labute approximate surface area is 209 Å². The number of aromatic nitrogens is 3. The lowest BCUT2D eigenvalue weighted by atomic mass is 10.0. The Hall–Kier alpha value is -3.64. The third-order valence-electron chi connectivity index (χ3n) is 6.47. The van der Waals surface area contributed by atoms with Crippen LogP contribution in [0, 0.1) is 0 Å². The predicted octanol–water partition coefficient (Wildman–Crippen LogP) is 0.415. The van der Waals surface area contributed by atoms with Gasteiger partial charge in [0.2, 0.25) is 17.8 Å². The standard InChI is InChI=1S/C25H32N10O/c26-7-9-34(10-8-27)24-31-23(32-25(33-24)35-13-15(28)11-16(29)14-35)30-17-5-6-20-21(12-17)18-3-1-2-4-19(18)22(20)36/h1-6,12,15-16H,7-11,13-14,26-29H2,(H,30,31,32,33)/t15-,16+. The summed E-state index contributed by atoms with van der Waals surface area (Å²) in [5.74, 6) is 1.38. The van der Waals surface area contributed by atoms with Crippen LogP contribution in [0.15, 0.2) is 42.5 Å². The molecule has 0 saturated carbocycles. The fourth-order valence-corrected chi connectivity index (χ4v) is 4.89. The van der Waals surface area contributed by atoms with Gasteiger partial charge in [0.05, 0.1) is 0 Å². The zero-order valence-corrected chi connectivity index (χ0v) is 20.1. The summed E-state index contributed by atoms with van der Waals surface area (Å²) in [6.45, 7) is 3.17. The number of hydrogen-bond donors (Lipinski definition) is 5. The number of nitrogens with one attached hydrogen (secondary N) is 1. The van der Waals surface area contributed by atoms with Gasteiger partial charge in [-0.1, -0.05) is 24.3 Å². The second-order valence-corrected chi connectivity index (χ2v) is 9.24. The number of ketones is 1. The van der Waals surface area contributed by atoms with E-state index in [2.05, 4.69) is 10.3 Å². The SMILES string of the molecule is NCCN(CCN)c1nc(Nc2ccc3c(c2)-c2ccccc2C3=O)nc(N2C[C@H](N)C[C@H](N)C2)n1. The Bertz CT molecular complexity index is 1250. The van der Waals surface area contributed by atoms with Crippen molar-refractivity contribution in [3.8, 4) is 11.1 Å². The summed E-state index contributed by atoms with van der Waals surface area (Å²) in [6, 6.07) is 13.1. The maximum atomic E-state index is 12.8. The number of fused-ring (bicyclic) bond motifs is 3. The van der Waals surface area contributed by atoms with E-state index in [1.807, 2.05) is 52.3 Å². The number of rotatable bonds is 8. The molecule has 0 spiro atoms. The van der Waals surface area contributed by atoms with Crippen LogP contribution in [-0.2, 0) is 0 Å². The van der Waals surface area contributed by atoms with Crippen LogP contribution in [0.4, 0.5) is 23.5 Å². The second-order valence-electron chi connectivity index (χ2n) is 9.24. The summed E-state index contributed by atoms with van der Waals surface area (Å²) in [4.78, 5) is 30.8. The van der Waals surface area contributed by atoms with Gasteiger partial charge >= 0.3 is 0 Å². The smallest absolute Gasteiger partial charge is 0.233 e. The molecule has 2 heterocycles. The first kappa shape index (κ1) is 24.1. The lowest BCUT2D eigenvalue weighted by molar-refractivity contribution is 0.104. The average Bonchev–Trinajstić information content (AvgIpc) is 3.15.